The minimum Gasteiger partial charge on any atom is -0.286 e. The summed E-state index contributed by atoms with van der Waals surface area (Å²) >= 11 is 7.67. The van der Waals surface area contributed by atoms with Crippen LogP contribution in [0.3, 0.4) is 0 Å². The number of benzene rings is 1. The summed E-state index contributed by atoms with van der Waals surface area (Å²) in [5, 5.41) is 5.17. The predicted octanol–water partition coefficient (Wildman–Crippen LogP) is 3.95. The zero-order valence-corrected chi connectivity index (χ0v) is 17.8. The van der Waals surface area contributed by atoms with E-state index in [1.807, 2.05) is 12.1 Å². The van der Waals surface area contributed by atoms with Crippen LogP contribution in [0.5, 0.6) is 0 Å². The van der Waals surface area contributed by atoms with Gasteiger partial charge in [0.05, 0.1) is 17.9 Å². The molecule has 150 valence electrons. The SMILES string of the molecule is C[C@@H]1CCc2c(sc3ncn([C@H](C)C(=O)N/N=C/c4ccccc4Cl)c(=O)c23)C1. The molecular weight excluding hydrogens is 408 g/mol. The van der Waals surface area contributed by atoms with Crippen molar-refractivity contribution in [3.05, 3.63) is 62.0 Å². The lowest BCUT2D eigenvalue weighted by molar-refractivity contribution is -0.123. The standard InChI is InChI=1S/C21H21ClN4O2S/c1-12-7-8-15-17(9-12)29-20-18(15)21(28)26(11-23-20)13(2)19(27)25-24-10-14-5-3-4-6-16(14)22/h3-6,10-13H,7-9H2,1-2H3,(H,25,27)/b24-10+/t12-,13-/m1/s1. The third kappa shape index (κ3) is 3.84. The van der Waals surface area contributed by atoms with Gasteiger partial charge in [-0.25, -0.2) is 10.4 Å². The molecule has 29 heavy (non-hydrogen) atoms. The minimum absolute atomic E-state index is 0.167. The van der Waals surface area contributed by atoms with E-state index in [0.29, 0.717) is 21.9 Å². The highest BCUT2D eigenvalue weighted by Gasteiger charge is 2.25. The zero-order chi connectivity index (χ0) is 20.5. The number of carbonyl (C=O) groups excluding carboxylic acids is 1. The van der Waals surface area contributed by atoms with E-state index in [1.54, 1.807) is 30.4 Å². The summed E-state index contributed by atoms with van der Waals surface area (Å²) in [5.74, 6) is 0.229. The van der Waals surface area contributed by atoms with Gasteiger partial charge in [0.2, 0.25) is 0 Å². The largest absolute Gasteiger partial charge is 0.286 e. The van der Waals surface area contributed by atoms with Crippen LogP contribution in [0.25, 0.3) is 10.2 Å². The molecule has 0 saturated carbocycles. The summed E-state index contributed by atoms with van der Waals surface area (Å²) in [7, 11) is 0. The summed E-state index contributed by atoms with van der Waals surface area (Å²) in [6.45, 7) is 3.89. The van der Waals surface area contributed by atoms with Gasteiger partial charge in [0.15, 0.2) is 0 Å². The van der Waals surface area contributed by atoms with Gasteiger partial charge in [-0.05, 0) is 43.7 Å². The van der Waals surface area contributed by atoms with Gasteiger partial charge in [0.25, 0.3) is 11.5 Å². The highest BCUT2D eigenvalue weighted by atomic mass is 35.5. The number of amides is 1. The van der Waals surface area contributed by atoms with Crippen molar-refractivity contribution in [2.45, 2.75) is 39.2 Å². The molecule has 0 fully saturated rings. The van der Waals surface area contributed by atoms with Crippen LogP contribution in [0.1, 0.15) is 42.3 Å². The number of hydrogen-bond acceptors (Lipinski definition) is 5. The molecule has 0 saturated heterocycles. The average Bonchev–Trinajstić information content (AvgIpc) is 3.07. The van der Waals surface area contributed by atoms with Crippen molar-refractivity contribution < 1.29 is 4.79 Å². The molecule has 2 atom stereocenters. The molecule has 0 aliphatic heterocycles. The summed E-state index contributed by atoms with van der Waals surface area (Å²) in [6.07, 6.45) is 5.88. The topological polar surface area (TPSA) is 76.3 Å². The third-order valence-electron chi connectivity index (χ3n) is 5.32. The summed E-state index contributed by atoms with van der Waals surface area (Å²) < 4.78 is 1.38. The monoisotopic (exact) mass is 428 g/mol. The number of nitrogens with one attached hydrogen (secondary N) is 1. The van der Waals surface area contributed by atoms with E-state index in [1.165, 1.54) is 22.0 Å². The third-order valence-corrected chi connectivity index (χ3v) is 6.83. The molecule has 2 heterocycles. The molecule has 1 aromatic carbocycles. The van der Waals surface area contributed by atoms with Crippen LogP contribution in [0.4, 0.5) is 0 Å². The molecule has 3 aromatic rings. The Morgan fingerprint density at radius 1 is 1.45 bits per heavy atom. The van der Waals surface area contributed by atoms with Crippen molar-refractivity contribution in [3.63, 3.8) is 0 Å². The number of rotatable bonds is 4. The molecular formula is C21H21ClN4O2S. The highest BCUT2D eigenvalue weighted by Crippen LogP contribution is 2.35. The van der Waals surface area contributed by atoms with Gasteiger partial charge < -0.3 is 0 Å². The smallest absolute Gasteiger partial charge is 0.263 e. The Morgan fingerprint density at radius 2 is 2.24 bits per heavy atom. The maximum Gasteiger partial charge on any atom is 0.263 e. The molecule has 8 heteroatoms. The first-order chi connectivity index (χ1) is 14.0. The molecule has 2 aromatic heterocycles. The van der Waals surface area contributed by atoms with Crippen LogP contribution >= 0.6 is 22.9 Å². The van der Waals surface area contributed by atoms with Crippen molar-refractivity contribution in [1.82, 2.24) is 15.0 Å². The number of hydrogen-bond donors (Lipinski definition) is 1. The molecule has 0 spiro atoms. The highest BCUT2D eigenvalue weighted by molar-refractivity contribution is 7.18. The van der Waals surface area contributed by atoms with Crippen molar-refractivity contribution in [2.24, 2.45) is 11.0 Å². The molecule has 4 rings (SSSR count). The maximum absolute atomic E-state index is 13.1. The van der Waals surface area contributed by atoms with Gasteiger partial charge in [-0.15, -0.1) is 11.3 Å². The van der Waals surface area contributed by atoms with Crippen molar-refractivity contribution in [2.75, 3.05) is 0 Å². The Bertz CT molecular complexity index is 1170. The molecule has 0 bridgehead atoms. The summed E-state index contributed by atoms with van der Waals surface area (Å²) in [5.41, 5.74) is 4.12. The van der Waals surface area contributed by atoms with E-state index < -0.39 is 11.9 Å². The van der Waals surface area contributed by atoms with Crippen LogP contribution in [0, 0.1) is 5.92 Å². The zero-order valence-electron chi connectivity index (χ0n) is 16.2. The van der Waals surface area contributed by atoms with Gasteiger partial charge in [-0.2, -0.15) is 5.10 Å². The summed E-state index contributed by atoms with van der Waals surface area (Å²) in [6, 6.07) is 6.46. The average molecular weight is 429 g/mol. The van der Waals surface area contributed by atoms with Gasteiger partial charge in [0, 0.05) is 15.5 Å². The van der Waals surface area contributed by atoms with E-state index in [0.717, 1.165) is 29.7 Å². The van der Waals surface area contributed by atoms with E-state index in [9.17, 15) is 9.59 Å². The Balaban J connectivity index is 1.57. The normalized spacial score (nSPS) is 17.4. The first kappa shape index (κ1) is 19.8. The van der Waals surface area contributed by atoms with Gasteiger partial charge in [0.1, 0.15) is 10.9 Å². The number of thiophene rings is 1. The van der Waals surface area contributed by atoms with E-state index in [2.05, 4.69) is 22.4 Å². The fraction of sp³-hybridized carbons (Fsp3) is 0.333. The van der Waals surface area contributed by atoms with Crippen LogP contribution in [-0.2, 0) is 17.6 Å². The quantitative estimate of drug-likeness (QED) is 0.505. The molecule has 1 aliphatic carbocycles. The van der Waals surface area contributed by atoms with Crippen LogP contribution < -0.4 is 11.0 Å². The van der Waals surface area contributed by atoms with Gasteiger partial charge >= 0.3 is 0 Å². The second-order valence-corrected chi connectivity index (χ2v) is 8.91. The number of aromatic nitrogens is 2. The first-order valence-corrected chi connectivity index (χ1v) is 10.7. The molecule has 0 unspecified atom stereocenters. The number of halogens is 1. The molecule has 1 amide bonds. The second-order valence-electron chi connectivity index (χ2n) is 7.42. The Morgan fingerprint density at radius 3 is 3.03 bits per heavy atom. The molecule has 6 nitrogen and oxygen atoms in total. The fourth-order valence-corrected chi connectivity index (χ4v) is 5.11. The number of aryl methyl sites for hydroxylation is 1. The maximum atomic E-state index is 13.1. The Hall–Kier alpha value is -2.51. The van der Waals surface area contributed by atoms with Gasteiger partial charge in [-0.1, -0.05) is 36.7 Å². The van der Waals surface area contributed by atoms with Crippen LogP contribution in [0.15, 0.2) is 40.5 Å². The summed E-state index contributed by atoms with van der Waals surface area (Å²) in [4.78, 5) is 32.1. The lowest BCUT2D eigenvalue weighted by Crippen LogP contribution is -2.34. The Kier molecular flexibility index (Phi) is 5.52. The van der Waals surface area contributed by atoms with Gasteiger partial charge in [-0.3, -0.25) is 14.2 Å². The van der Waals surface area contributed by atoms with Crippen molar-refractivity contribution >= 4 is 45.3 Å². The number of hydrazone groups is 1. The van der Waals surface area contributed by atoms with Crippen molar-refractivity contribution in [3.8, 4) is 0 Å². The first-order valence-electron chi connectivity index (χ1n) is 9.54. The molecule has 1 aliphatic rings. The van der Waals surface area contributed by atoms with E-state index in [4.69, 9.17) is 11.6 Å². The number of nitrogens with zero attached hydrogens (tertiary/aromatic N) is 3. The fourth-order valence-electron chi connectivity index (χ4n) is 3.58. The van der Waals surface area contributed by atoms with Crippen LogP contribution in [0.2, 0.25) is 5.02 Å². The van der Waals surface area contributed by atoms with Crippen molar-refractivity contribution in [1.29, 1.82) is 0 Å². The molecule has 0 radical (unpaired) electrons. The second kappa shape index (κ2) is 8.08. The number of carbonyl (C=O) groups is 1. The predicted molar refractivity (Wildman–Crippen MR) is 117 cm³/mol. The number of fused-ring (bicyclic) bond motifs is 3. The van der Waals surface area contributed by atoms with Crippen LogP contribution in [-0.4, -0.2) is 21.7 Å². The minimum atomic E-state index is -0.735. The molecule has 1 N–H and O–H groups in total. The lowest BCUT2D eigenvalue weighted by Gasteiger charge is -2.18. The Labute approximate surface area is 177 Å². The lowest BCUT2D eigenvalue weighted by atomic mass is 9.89. The van der Waals surface area contributed by atoms with E-state index >= 15 is 0 Å². The van der Waals surface area contributed by atoms with E-state index in [-0.39, 0.29) is 5.56 Å².